The Labute approximate surface area is 308 Å². The van der Waals surface area contributed by atoms with Crippen molar-refractivity contribution in [2.24, 2.45) is 5.41 Å². The van der Waals surface area contributed by atoms with Gasteiger partial charge in [0.05, 0.1) is 22.4 Å². The number of piperidine rings is 1. The number of benzene rings is 3. The first kappa shape index (κ1) is 39.4. The fourth-order valence-corrected chi connectivity index (χ4v) is 6.85. The molecule has 7 nitrogen and oxygen atoms in total. The maximum absolute atomic E-state index is 14.0. The minimum atomic E-state index is -4.74. The number of alkyl halides is 3. The van der Waals surface area contributed by atoms with Crippen LogP contribution in [0.1, 0.15) is 97.6 Å². The number of hydrogen-bond acceptors (Lipinski definition) is 5. The number of anilines is 1. The first-order valence-electron chi connectivity index (χ1n) is 17.7. The number of carboxylic acids is 1. The molecule has 1 aliphatic heterocycles. The molecule has 1 aliphatic rings. The second kappa shape index (κ2) is 15.3. The zero-order valence-corrected chi connectivity index (χ0v) is 31.3. The van der Waals surface area contributed by atoms with E-state index in [4.69, 9.17) is 9.72 Å². The Bertz CT molecular complexity index is 1940. The summed E-state index contributed by atoms with van der Waals surface area (Å²) in [6, 6.07) is 17.5. The van der Waals surface area contributed by atoms with Gasteiger partial charge in [0.1, 0.15) is 5.82 Å². The summed E-state index contributed by atoms with van der Waals surface area (Å²) in [4.78, 5) is 35.1. The molecule has 1 fully saturated rings. The maximum atomic E-state index is 14.0. The Hall–Kier alpha value is -4.77. The van der Waals surface area contributed by atoms with E-state index in [0.29, 0.717) is 41.2 Å². The van der Waals surface area contributed by atoms with Crippen molar-refractivity contribution in [1.29, 1.82) is 0 Å². The fourth-order valence-electron chi connectivity index (χ4n) is 6.85. The summed E-state index contributed by atoms with van der Waals surface area (Å²) in [5.74, 6) is -2.41. The Morgan fingerprint density at radius 2 is 1.43 bits per heavy atom. The maximum Gasteiger partial charge on any atom is 0.417 e. The van der Waals surface area contributed by atoms with Crippen LogP contribution in [-0.4, -0.2) is 45.6 Å². The molecule has 1 aromatic heterocycles. The summed E-state index contributed by atoms with van der Waals surface area (Å²) < 4.78 is 61.8. The Morgan fingerprint density at radius 1 is 0.887 bits per heavy atom. The largest absolute Gasteiger partial charge is 0.479 e. The average Bonchev–Trinajstić information content (AvgIpc) is 3.07. The molecule has 0 spiro atoms. The summed E-state index contributed by atoms with van der Waals surface area (Å²) in [7, 11) is 0. The van der Waals surface area contributed by atoms with E-state index >= 15 is 0 Å². The van der Waals surface area contributed by atoms with Crippen LogP contribution in [-0.2, 0) is 28.8 Å². The van der Waals surface area contributed by atoms with E-state index < -0.39 is 46.7 Å². The van der Waals surface area contributed by atoms with Gasteiger partial charge in [-0.25, -0.2) is 9.18 Å². The lowest BCUT2D eigenvalue weighted by atomic mass is 9.81. The van der Waals surface area contributed by atoms with Crippen LogP contribution in [0.15, 0.2) is 72.8 Å². The molecule has 4 aromatic rings. The van der Waals surface area contributed by atoms with Crippen molar-refractivity contribution >= 4 is 17.6 Å². The first-order valence-corrected chi connectivity index (χ1v) is 17.7. The number of hydrogen-bond donors (Lipinski definition) is 1. The lowest BCUT2D eigenvalue weighted by Gasteiger charge is -2.41. The molecule has 1 atom stereocenters. The van der Waals surface area contributed by atoms with Crippen molar-refractivity contribution in [1.82, 2.24) is 9.88 Å². The summed E-state index contributed by atoms with van der Waals surface area (Å²) in [5, 5.41) is 10.5. The number of pyridine rings is 1. The van der Waals surface area contributed by atoms with Crippen LogP contribution in [0, 0.1) is 25.1 Å². The third-order valence-electron chi connectivity index (χ3n) is 9.62. The number of carboxylic acid groups (broad SMARTS) is 1. The molecule has 0 unspecified atom stereocenters. The quantitative estimate of drug-likeness (QED) is 0.164. The van der Waals surface area contributed by atoms with Gasteiger partial charge in [-0.1, -0.05) is 62.4 Å². The standard InChI is InChI=1S/C42H47F4N3O4/c1-26-34(36(48-22-20-41(6,7)21-23-48)35(27(2)47-26)37(39(51)52)53-40(3,4)5)30-16-12-28(13-17-30)24-49(25-29-14-18-31(43)19-15-29)38(50)32-10-8-9-11-33(32)42(44,45)46/h8-19,37H,20-25H2,1-7H3,(H,51,52)/t37-/m0/s1. The normalized spacial score (nSPS) is 15.3. The molecular formula is C42H47F4N3O4. The van der Waals surface area contributed by atoms with Crippen LogP contribution in [0.4, 0.5) is 23.2 Å². The lowest BCUT2D eigenvalue weighted by Crippen LogP contribution is -2.39. The molecule has 1 saturated heterocycles. The number of aryl methyl sites for hydroxylation is 2. The number of ether oxygens (including phenoxy) is 1. The van der Waals surface area contributed by atoms with Crippen molar-refractivity contribution in [2.45, 2.75) is 92.3 Å². The van der Waals surface area contributed by atoms with Gasteiger partial charge in [0.15, 0.2) is 6.10 Å². The molecule has 11 heteroatoms. The van der Waals surface area contributed by atoms with E-state index in [0.717, 1.165) is 41.8 Å². The van der Waals surface area contributed by atoms with Crippen LogP contribution >= 0.6 is 0 Å². The van der Waals surface area contributed by atoms with Crippen molar-refractivity contribution in [3.05, 3.63) is 118 Å². The van der Waals surface area contributed by atoms with E-state index in [2.05, 4.69) is 18.7 Å². The average molecular weight is 734 g/mol. The zero-order chi connectivity index (χ0) is 38.9. The number of halogens is 4. The second-order valence-corrected chi connectivity index (χ2v) is 15.5. The fraction of sp³-hybridized carbons (Fsp3) is 0.405. The highest BCUT2D eigenvalue weighted by atomic mass is 19.4. The minimum absolute atomic E-state index is 0.0341. The molecule has 0 saturated carbocycles. The number of nitrogens with zero attached hydrogens (tertiary/aromatic N) is 3. The van der Waals surface area contributed by atoms with Crippen LogP contribution in [0.2, 0.25) is 0 Å². The molecule has 53 heavy (non-hydrogen) atoms. The molecule has 1 N–H and O–H groups in total. The van der Waals surface area contributed by atoms with Gasteiger partial charge >= 0.3 is 12.1 Å². The molecule has 2 heterocycles. The van der Waals surface area contributed by atoms with Gasteiger partial charge in [-0.05, 0) is 93.8 Å². The molecule has 5 rings (SSSR count). The van der Waals surface area contributed by atoms with Gasteiger partial charge in [0, 0.05) is 48.7 Å². The third kappa shape index (κ3) is 9.43. The smallest absolute Gasteiger partial charge is 0.417 e. The highest BCUT2D eigenvalue weighted by Gasteiger charge is 2.38. The Morgan fingerprint density at radius 3 is 1.96 bits per heavy atom. The van der Waals surface area contributed by atoms with Gasteiger partial charge < -0.3 is 19.6 Å². The van der Waals surface area contributed by atoms with Crippen LogP contribution in [0.3, 0.4) is 0 Å². The molecule has 1 amide bonds. The van der Waals surface area contributed by atoms with Gasteiger partial charge in [-0.3, -0.25) is 9.78 Å². The van der Waals surface area contributed by atoms with Crippen LogP contribution in [0.5, 0.6) is 0 Å². The molecule has 0 aliphatic carbocycles. The van der Waals surface area contributed by atoms with E-state index in [-0.39, 0.29) is 18.5 Å². The van der Waals surface area contributed by atoms with Crippen molar-refractivity contribution in [3.63, 3.8) is 0 Å². The van der Waals surface area contributed by atoms with Crippen LogP contribution < -0.4 is 4.90 Å². The summed E-state index contributed by atoms with van der Waals surface area (Å²) in [6.07, 6.45) is -4.22. The van der Waals surface area contributed by atoms with Gasteiger partial charge in [-0.15, -0.1) is 0 Å². The summed E-state index contributed by atoms with van der Waals surface area (Å²) in [5.41, 5.74) is 3.09. The van der Waals surface area contributed by atoms with E-state index in [1.807, 2.05) is 39.8 Å². The first-order chi connectivity index (χ1) is 24.7. The molecular weight excluding hydrogens is 686 g/mol. The zero-order valence-electron chi connectivity index (χ0n) is 31.3. The Balaban J connectivity index is 1.58. The number of rotatable bonds is 10. The summed E-state index contributed by atoms with van der Waals surface area (Å²) in [6.45, 7) is 14.9. The third-order valence-corrected chi connectivity index (χ3v) is 9.62. The van der Waals surface area contributed by atoms with E-state index in [9.17, 15) is 32.3 Å². The lowest BCUT2D eigenvalue weighted by molar-refractivity contribution is -0.160. The van der Waals surface area contributed by atoms with E-state index in [1.165, 1.54) is 41.3 Å². The minimum Gasteiger partial charge on any atom is -0.479 e. The molecule has 0 radical (unpaired) electrons. The molecule has 282 valence electrons. The number of carbonyl (C=O) groups excluding carboxylic acids is 1. The number of carbonyl (C=O) groups is 2. The SMILES string of the molecule is Cc1nc(C)c([C@H](OC(C)(C)C)C(=O)O)c(N2CCC(C)(C)CC2)c1-c1ccc(CN(Cc2ccc(F)cc2)C(=O)c2ccccc2C(F)(F)F)cc1. The topological polar surface area (TPSA) is 83.0 Å². The van der Waals surface area contributed by atoms with Crippen LogP contribution in [0.25, 0.3) is 11.1 Å². The monoisotopic (exact) mass is 733 g/mol. The second-order valence-electron chi connectivity index (χ2n) is 15.5. The van der Waals surface area contributed by atoms with Crippen molar-refractivity contribution in [2.75, 3.05) is 18.0 Å². The van der Waals surface area contributed by atoms with Gasteiger partial charge in [0.2, 0.25) is 0 Å². The predicted molar refractivity (Wildman–Crippen MR) is 197 cm³/mol. The number of aliphatic carboxylic acids is 1. The molecule has 0 bridgehead atoms. The number of amides is 1. The van der Waals surface area contributed by atoms with E-state index in [1.54, 1.807) is 19.1 Å². The van der Waals surface area contributed by atoms with Crippen molar-refractivity contribution in [3.8, 4) is 11.1 Å². The number of aromatic nitrogens is 1. The summed E-state index contributed by atoms with van der Waals surface area (Å²) >= 11 is 0. The highest BCUT2D eigenvalue weighted by Crippen LogP contribution is 2.45. The van der Waals surface area contributed by atoms with Crippen molar-refractivity contribution < 1.29 is 37.0 Å². The van der Waals surface area contributed by atoms with Gasteiger partial charge in [0.25, 0.3) is 5.91 Å². The van der Waals surface area contributed by atoms with Gasteiger partial charge in [-0.2, -0.15) is 13.2 Å². The molecule has 3 aromatic carbocycles. The highest BCUT2D eigenvalue weighted by molar-refractivity contribution is 5.96. The predicted octanol–water partition coefficient (Wildman–Crippen LogP) is 9.93. The Kier molecular flexibility index (Phi) is 11.4.